The number of thioether (sulfide) groups is 1. The fourth-order valence-electron chi connectivity index (χ4n) is 2.30. The molecule has 0 radical (unpaired) electrons. The van der Waals surface area contributed by atoms with Gasteiger partial charge in [-0.2, -0.15) is 0 Å². The number of amides is 1. The second-order valence-corrected chi connectivity index (χ2v) is 6.61. The summed E-state index contributed by atoms with van der Waals surface area (Å²) in [5.41, 5.74) is 1.18. The molecule has 1 amide bonds. The van der Waals surface area contributed by atoms with Crippen molar-refractivity contribution in [2.75, 3.05) is 17.2 Å². The molecule has 0 unspecified atom stereocenters. The van der Waals surface area contributed by atoms with Crippen molar-refractivity contribution in [2.24, 2.45) is 0 Å². The van der Waals surface area contributed by atoms with Crippen LogP contribution in [0.25, 0.3) is 0 Å². The minimum Gasteiger partial charge on any atom is -0.303 e. The van der Waals surface area contributed by atoms with Crippen LogP contribution in [0.2, 0.25) is 0 Å². The highest BCUT2D eigenvalue weighted by Crippen LogP contribution is 2.36. The van der Waals surface area contributed by atoms with Crippen LogP contribution in [0.3, 0.4) is 0 Å². The van der Waals surface area contributed by atoms with E-state index in [1.165, 1.54) is 0 Å². The van der Waals surface area contributed by atoms with Crippen molar-refractivity contribution in [1.82, 2.24) is 0 Å². The number of anilines is 1. The van der Waals surface area contributed by atoms with Gasteiger partial charge in [-0.1, -0.05) is 24.3 Å². The summed E-state index contributed by atoms with van der Waals surface area (Å²) in [5, 5.41) is 0. The van der Waals surface area contributed by atoms with Gasteiger partial charge in [0.25, 0.3) is 11.7 Å². The zero-order chi connectivity index (χ0) is 14.8. The van der Waals surface area contributed by atoms with Gasteiger partial charge in [-0.05, 0) is 40.2 Å². The van der Waals surface area contributed by atoms with Gasteiger partial charge in [-0.15, -0.1) is 11.8 Å². The van der Waals surface area contributed by atoms with Crippen LogP contribution in [0.5, 0.6) is 0 Å². The molecule has 0 atom stereocenters. The maximum absolute atomic E-state index is 12.1. The van der Waals surface area contributed by atoms with Crippen molar-refractivity contribution in [3.63, 3.8) is 0 Å². The van der Waals surface area contributed by atoms with E-state index >= 15 is 0 Å². The molecule has 5 heteroatoms. The van der Waals surface area contributed by atoms with E-state index in [9.17, 15) is 9.59 Å². The normalized spacial score (nSPS) is 13.7. The molecule has 3 nitrogen and oxygen atoms in total. The molecule has 21 heavy (non-hydrogen) atoms. The van der Waals surface area contributed by atoms with E-state index in [1.54, 1.807) is 28.8 Å². The largest absolute Gasteiger partial charge is 0.303 e. The highest BCUT2D eigenvalue weighted by Gasteiger charge is 2.36. The van der Waals surface area contributed by atoms with Crippen molar-refractivity contribution < 1.29 is 9.59 Å². The minimum absolute atomic E-state index is 0.420. The summed E-state index contributed by atoms with van der Waals surface area (Å²) in [6.07, 6.45) is 0. The van der Waals surface area contributed by atoms with Crippen molar-refractivity contribution in [2.45, 2.75) is 4.90 Å². The number of nitrogens with zero attached hydrogens (tertiary/aromatic N) is 1. The number of fused-ring (bicyclic) bond motifs is 1. The molecular weight excluding hydrogens is 350 g/mol. The summed E-state index contributed by atoms with van der Waals surface area (Å²) in [4.78, 5) is 26.8. The first-order valence-electron chi connectivity index (χ1n) is 6.51. The van der Waals surface area contributed by atoms with Crippen LogP contribution in [0, 0.1) is 0 Å². The molecule has 1 aliphatic heterocycles. The van der Waals surface area contributed by atoms with E-state index in [0.717, 1.165) is 15.1 Å². The summed E-state index contributed by atoms with van der Waals surface area (Å²) in [7, 11) is 0. The second kappa shape index (κ2) is 6.03. The van der Waals surface area contributed by atoms with Crippen LogP contribution in [0.1, 0.15) is 10.4 Å². The van der Waals surface area contributed by atoms with E-state index in [1.807, 2.05) is 36.4 Å². The zero-order valence-corrected chi connectivity index (χ0v) is 13.5. The van der Waals surface area contributed by atoms with Gasteiger partial charge in [0.2, 0.25) is 0 Å². The third kappa shape index (κ3) is 2.76. The summed E-state index contributed by atoms with van der Waals surface area (Å²) < 4.78 is 0.781. The lowest BCUT2D eigenvalue weighted by Crippen LogP contribution is -2.31. The predicted molar refractivity (Wildman–Crippen MR) is 88.0 cm³/mol. The standard InChI is InChI=1S/C16H12BrNO2S/c17-13-8-4-7-12-14(13)18(16(20)15(12)19)9-10-21-11-5-2-1-3-6-11/h1-8H,9-10H2. The Morgan fingerprint density at radius 2 is 1.76 bits per heavy atom. The number of hydrogen-bond donors (Lipinski definition) is 0. The fraction of sp³-hybridized carbons (Fsp3) is 0.125. The molecule has 1 aliphatic rings. The number of ketones is 1. The minimum atomic E-state index is -0.439. The average molecular weight is 362 g/mol. The molecule has 106 valence electrons. The quantitative estimate of drug-likeness (QED) is 0.614. The molecule has 0 bridgehead atoms. The van der Waals surface area contributed by atoms with E-state index in [-0.39, 0.29) is 0 Å². The number of hydrogen-bond acceptors (Lipinski definition) is 3. The van der Waals surface area contributed by atoms with Crippen LogP contribution in [-0.4, -0.2) is 24.0 Å². The summed E-state index contributed by atoms with van der Waals surface area (Å²) >= 11 is 5.10. The molecule has 2 aromatic rings. The Balaban J connectivity index is 1.75. The Kier molecular flexibility index (Phi) is 4.12. The lowest BCUT2D eigenvalue weighted by molar-refractivity contribution is -0.114. The summed E-state index contributed by atoms with van der Waals surface area (Å²) in [6, 6.07) is 15.3. The number of rotatable bonds is 4. The Hall–Kier alpha value is -1.59. The van der Waals surface area contributed by atoms with Crippen molar-refractivity contribution in [3.8, 4) is 0 Å². The topological polar surface area (TPSA) is 37.4 Å². The van der Waals surface area contributed by atoms with Gasteiger partial charge in [-0.3, -0.25) is 9.59 Å². The van der Waals surface area contributed by atoms with Crippen LogP contribution < -0.4 is 4.90 Å². The average Bonchev–Trinajstić information content (AvgIpc) is 2.75. The Morgan fingerprint density at radius 3 is 2.52 bits per heavy atom. The molecule has 0 saturated heterocycles. The molecule has 0 aromatic heterocycles. The number of Topliss-reactive ketones (excluding diaryl/α,β-unsaturated/α-hetero) is 1. The molecule has 0 aliphatic carbocycles. The van der Waals surface area contributed by atoms with Crippen LogP contribution >= 0.6 is 27.7 Å². The van der Waals surface area contributed by atoms with Crippen molar-refractivity contribution in [3.05, 3.63) is 58.6 Å². The SMILES string of the molecule is O=C1C(=O)N(CCSc2ccccc2)c2c(Br)cccc21. The molecule has 0 spiro atoms. The van der Waals surface area contributed by atoms with E-state index in [4.69, 9.17) is 0 Å². The highest BCUT2D eigenvalue weighted by molar-refractivity contribution is 9.10. The third-order valence-electron chi connectivity index (χ3n) is 3.27. The van der Waals surface area contributed by atoms with Crippen molar-refractivity contribution >= 4 is 45.1 Å². The van der Waals surface area contributed by atoms with Gasteiger partial charge in [0.1, 0.15) is 0 Å². The van der Waals surface area contributed by atoms with E-state index in [2.05, 4.69) is 15.9 Å². The van der Waals surface area contributed by atoms with Gasteiger partial charge in [0.05, 0.1) is 11.3 Å². The van der Waals surface area contributed by atoms with E-state index in [0.29, 0.717) is 17.8 Å². The van der Waals surface area contributed by atoms with Gasteiger partial charge < -0.3 is 4.90 Å². The smallest absolute Gasteiger partial charge is 0.299 e. The summed E-state index contributed by atoms with van der Waals surface area (Å²) in [5.74, 6) is -0.120. The molecule has 0 saturated carbocycles. The number of carbonyl (C=O) groups excluding carboxylic acids is 2. The lowest BCUT2D eigenvalue weighted by Gasteiger charge is -2.17. The Morgan fingerprint density at radius 1 is 1.00 bits per heavy atom. The number of carbonyl (C=O) groups is 2. The zero-order valence-electron chi connectivity index (χ0n) is 11.1. The summed E-state index contributed by atoms with van der Waals surface area (Å²) in [6.45, 7) is 0.514. The lowest BCUT2D eigenvalue weighted by atomic mass is 10.1. The fourth-order valence-corrected chi connectivity index (χ4v) is 3.74. The maximum Gasteiger partial charge on any atom is 0.299 e. The highest BCUT2D eigenvalue weighted by atomic mass is 79.9. The second-order valence-electron chi connectivity index (χ2n) is 4.58. The van der Waals surface area contributed by atoms with Gasteiger partial charge in [0, 0.05) is 21.7 Å². The van der Waals surface area contributed by atoms with Gasteiger partial charge in [0.15, 0.2) is 0 Å². The Bertz CT molecular complexity index is 703. The van der Waals surface area contributed by atoms with Crippen LogP contribution in [0.15, 0.2) is 57.9 Å². The monoisotopic (exact) mass is 361 g/mol. The molecule has 2 aromatic carbocycles. The Labute approximate surface area is 135 Å². The van der Waals surface area contributed by atoms with Crippen LogP contribution in [0.4, 0.5) is 5.69 Å². The van der Waals surface area contributed by atoms with Crippen molar-refractivity contribution in [1.29, 1.82) is 0 Å². The number of benzene rings is 2. The first kappa shape index (κ1) is 14.4. The predicted octanol–water partition coefficient (Wildman–Crippen LogP) is 3.77. The van der Waals surface area contributed by atoms with Gasteiger partial charge in [-0.25, -0.2) is 0 Å². The molecule has 0 fully saturated rings. The molecule has 0 N–H and O–H groups in total. The number of halogens is 1. The molecular formula is C16H12BrNO2S. The molecule has 1 heterocycles. The first-order valence-corrected chi connectivity index (χ1v) is 8.29. The van der Waals surface area contributed by atoms with Crippen LogP contribution in [-0.2, 0) is 4.79 Å². The van der Waals surface area contributed by atoms with E-state index < -0.39 is 11.7 Å². The first-order chi connectivity index (χ1) is 10.2. The molecule has 3 rings (SSSR count). The third-order valence-corrected chi connectivity index (χ3v) is 4.90. The number of para-hydroxylation sites is 1. The maximum atomic E-state index is 12.1. The van der Waals surface area contributed by atoms with Gasteiger partial charge >= 0.3 is 0 Å².